The quantitative estimate of drug-likeness (QED) is 0.881. The Morgan fingerprint density at radius 1 is 1.12 bits per heavy atom. The molecule has 1 heterocycles. The Labute approximate surface area is 156 Å². The van der Waals surface area contributed by atoms with Crippen molar-refractivity contribution in [3.8, 4) is 0 Å². The fraction of sp³-hybridized carbons (Fsp3) is 0.619. The summed E-state index contributed by atoms with van der Waals surface area (Å²) in [5.74, 6) is 0.733. The highest BCUT2D eigenvalue weighted by molar-refractivity contribution is 5.95. The van der Waals surface area contributed by atoms with Crippen LogP contribution in [0.1, 0.15) is 48.5 Å². The SMILES string of the molecule is CCNC(=O)C(C1CCCC1)N1CCN(C(=O)c2ccccc2C)CC1. The average Bonchev–Trinajstić information content (AvgIpc) is 3.17. The molecule has 0 bridgehead atoms. The molecule has 3 rings (SSSR count). The van der Waals surface area contributed by atoms with Gasteiger partial charge in [0.25, 0.3) is 5.91 Å². The van der Waals surface area contributed by atoms with Crippen molar-refractivity contribution in [1.82, 2.24) is 15.1 Å². The van der Waals surface area contributed by atoms with Gasteiger partial charge in [-0.2, -0.15) is 0 Å². The zero-order valence-electron chi connectivity index (χ0n) is 16.0. The minimum atomic E-state index is -0.0341. The van der Waals surface area contributed by atoms with E-state index in [9.17, 15) is 9.59 Å². The molecule has 5 heteroatoms. The standard InChI is InChI=1S/C21H31N3O2/c1-3-22-20(25)19(17-9-5-6-10-17)23-12-14-24(15-13-23)21(26)18-11-7-4-8-16(18)2/h4,7-8,11,17,19H,3,5-6,9-10,12-15H2,1-2H3,(H,22,25). The summed E-state index contributed by atoms with van der Waals surface area (Å²) in [4.78, 5) is 29.7. The summed E-state index contributed by atoms with van der Waals surface area (Å²) in [6.45, 7) is 7.56. The molecular formula is C21H31N3O2. The van der Waals surface area contributed by atoms with Crippen molar-refractivity contribution in [1.29, 1.82) is 0 Å². The van der Waals surface area contributed by atoms with Crippen molar-refractivity contribution < 1.29 is 9.59 Å². The predicted octanol–water partition coefficient (Wildman–Crippen LogP) is 2.45. The Balaban J connectivity index is 1.65. The van der Waals surface area contributed by atoms with Crippen LogP contribution in [0, 0.1) is 12.8 Å². The molecule has 2 fully saturated rings. The molecule has 0 aromatic heterocycles. The van der Waals surface area contributed by atoms with Crippen molar-refractivity contribution in [2.75, 3.05) is 32.7 Å². The molecule has 1 aliphatic carbocycles. The van der Waals surface area contributed by atoms with Crippen LogP contribution in [0.15, 0.2) is 24.3 Å². The van der Waals surface area contributed by atoms with Gasteiger partial charge in [0.05, 0.1) is 6.04 Å². The summed E-state index contributed by atoms with van der Waals surface area (Å²) in [5, 5.41) is 3.03. The van der Waals surface area contributed by atoms with Gasteiger partial charge in [-0.15, -0.1) is 0 Å². The second-order valence-corrected chi connectivity index (χ2v) is 7.53. The number of carbonyl (C=O) groups is 2. The maximum Gasteiger partial charge on any atom is 0.254 e. The molecule has 1 unspecified atom stereocenters. The maximum absolute atomic E-state index is 12.8. The Hall–Kier alpha value is -1.88. The molecule has 0 radical (unpaired) electrons. The van der Waals surface area contributed by atoms with Crippen LogP contribution in [0.4, 0.5) is 0 Å². The van der Waals surface area contributed by atoms with Gasteiger partial charge in [0.2, 0.25) is 5.91 Å². The van der Waals surface area contributed by atoms with Crippen molar-refractivity contribution in [2.45, 2.75) is 45.6 Å². The zero-order valence-corrected chi connectivity index (χ0v) is 16.0. The van der Waals surface area contributed by atoms with Gasteiger partial charge in [-0.1, -0.05) is 31.0 Å². The molecule has 1 atom stereocenters. The van der Waals surface area contributed by atoms with E-state index in [2.05, 4.69) is 10.2 Å². The number of benzene rings is 1. The second-order valence-electron chi connectivity index (χ2n) is 7.53. The van der Waals surface area contributed by atoms with Crippen molar-refractivity contribution >= 4 is 11.8 Å². The Morgan fingerprint density at radius 3 is 2.38 bits per heavy atom. The van der Waals surface area contributed by atoms with E-state index < -0.39 is 0 Å². The molecule has 2 amide bonds. The van der Waals surface area contributed by atoms with Crippen LogP contribution in [-0.2, 0) is 4.79 Å². The van der Waals surface area contributed by atoms with Gasteiger partial charge in [0, 0.05) is 38.3 Å². The van der Waals surface area contributed by atoms with Crippen LogP contribution in [0.3, 0.4) is 0 Å². The van der Waals surface area contributed by atoms with Crippen LogP contribution < -0.4 is 5.32 Å². The van der Waals surface area contributed by atoms with Crippen molar-refractivity contribution in [3.63, 3.8) is 0 Å². The number of piperazine rings is 1. The number of hydrogen-bond donors (Lipinski definition) is 1. The highest BCUT2D eigenvalue weighted by Gasteiger charge is 2.37. The summed E-state index contributed by atoms with van der Waals surface area (Å²) in [6.07, 6.45) is 4.74. The van der Waals surface area contributed by atoms with E-state index in [1.54, 1.807) is 0 Å². The van der Waals surface area contributed by atoms with E-state index >= 15 is 0 Å². The van der Waals surface area contributed by atoms with Gasteiger partial charge in [-0.05, 0) is 44.2 Å². The fourth-order valence-electron chi connectivity index (χ4n) is 4.42. The van der Waals surface area contributed by atoms with Gasteiger partial charge in [0.15, 0.2) is 0 Å². The molecule has 1 N–H and O–H groups in total. The predicted molar refractivity (Wildman–Crippen MR) is 103 cm³/mol. The number of nitrogens with zero attached hydrogens (tertiary/aromatic N) is 2. The molecular weight excluding hydrogens is 326 g/mol. The van der Waals surface area contributed by atoms with E-state index in [0.717, 1.165) is 37.1 Å². The van der Waals surface area contributed by atoms with E-state index in [0.29, 0.717) is 25.6 Å². The number of aryl methyl sites for hydroxylation is 1. The molecule has 1 saturated carbocycles. The third kappa shape index (κ3) is 4.09. The fourth-order valence-corrected chi connectivity index (χ4v) is 4.42. The normalized spacial score (nSPS) is 20.2. The van der Waals surface area contributed by atoms with Crippen molar-refractivity contribution in [2.24, 2.45) is 5.92 Å². The number of hydrogen-bond acceptors (Lipinski definition) is 3. The van der Waals surface area contributed by atoms with Gasteiger partial charge >= 0.3 is 0 Å². The molecule has 5 nitrogen and oxygen atoms in total. The molecule has 1 aromatic rings. The average molecular weight is 357 g/mol. The van der Waals surface area contributed by atoms with Gasteiger partial charge in [0.1, 0.15) is 0 Å². The molecule has 1 saturated heterocycles. The minimum absolute atomic E-state index is 0.0341. The van der Waals surface area contributed by atoms with E-state index in [4.69, 9.17) is 0 Å². The van der Waals surface area contributed by atoms with Crippen LogP contribution in [-0.4, -0.2) is 60.4 Å². The summed E-state index contributed by atoms with van der Waals surface area (Å²) in [5.41, 5.74) is 1.81. The molecule has 26 heavy (non-hydrogen) atoms. The third-order valence-electron chi connectivity index (χ3n) is 5.84. The zero-order chi connectivity index (χ0) is 18.5. The first-order chi connectivity index (χ1) is 12.6. The van der Waals surface area contributed by atoms with Gasteiger partial charge < -0.3 is 10.2 Å². The lowest BCUT2D eigenvalue weighted by atomic mass is 9.95. The molecule has 1 aromatic carbocycles. The smallest absolute Gasteiger partial charge is 0.254 e. The topological polar surface area (TPSA) is 52.7 Å². The van der Waals surface area contributed by atoms with E-state index in [1.165, 1.54) is 12.8 Å². The summed E-state index contributed by atoms with van der Waals surface area (Å²) >= 11 is 0. The first-order valence-electron chi connectivity index (χ1n) is 9.98. The van der Waals surface area contributed by atoms with Gasteiger partial charge in [-0.25, -0.2) is 0 Å². The van der Waals surface area contributed by atoms with Crippen LogP contribution >= 0.6 is 0 Å². The van der Waals surface area contributed by atoms with E-state index in [-0.39, 0.29) is 17.9 Å². The maximum atomic E-state index is 12.8. The highest BCUT2D eigenvalue weighted by atomic mass is 16.2. The highest BCUT2D eigenvalue weighted by Crippen LogP contribution is 2.31. The minimum Gasteiger partial charge on any atom is -0.355 e. The lowest BCUT2D eigenvalue weighted by Gasteiger charge is -2.40. The Bertz CT molecular complexity index is 632. The number of nitrogens with one attached hydrogen (secondary N) is 1. The third-order valence-corrected chi connectivity index (χ3v) is 5.84. The summed E-state index contributed by atoms with van der Waals surface area (Å²) in [7, 11) is 0. The molecule has 1 aliphatic heterocycles. The Kier molecular flexibility index (Phi) is 6.30. The largest absolute Gasteiger partial charge is 0.355 e. The molecule has 0 spiro atoms. The first-order valence-corrected chi connectivity index (χ1v) is 9.98. The number of amides is 2. The first kappa shape index (κ1) is 18.9. The second kappa shape index (κ2) is 8.67. The van der Waals surface area contributed by atoms with Gasteiger partial charge in [-0.3, -0.25) is 14.5 Å². The number of carbonyl (C=O) groups excluding carboxylic acids is 2. The Morgan fingerprint density at radius 2 is 1.77 bits per heavy atom. The van der Waals surface area contributed by atoms with E-state index in [1.807, 2.05) is 43.0 Å². The lowest BCUT2D eigenvalue weighted by Crippen LogP contribution is -2.58. The number of likely N-dealkylation sites (N-methyl/N-ethyl adjacent to an activating group) is 1. The lowest BCUT2D eigenvalue weighted by molar-refractivity contribution is -0.129. The van der Waals surface area contributed by atoms with Crippen LogP contribution in [0.25, 0.3) is 0 Å². The van der Waals surface area contributed by atoms with Crippen LogP contribution in [0.2, 0.25) is 0 Å². The summed E-state index contributed by atoms with van der Waals surface area (Å²) < 4.78 is 0. The monoisotopic (exact) mass is 357 g/mol. The molecule has 142 valence electrons. The number of rotatable bonds is 5. The van der Waals surface area contributed by atoms with Crippen LogP contribution in [0.5, 0.6) is 0 Å². The van der Waals surface area contributed by atoms with Crippen molar-refractivity contribution in [3.05, 3.63) is 35.4 Å². The summed E-state index contributed by atoms with van der Waals surface area (Å²) in [6, 6.07) is 7.73. The molecule has 2 aliphatic rings.